The number of carbonyl (C=O) groups excluding carboxylic acids is 4. The highest BCUT2D eigenvalue weighted by atomic mass is 16.5. The maximum Gasteiger partial charge on any atom is 0.310 e. The molecule has 6 rings (SSSR count). The molecule has 2 bridgehead atoms. The van der Waals surface area contributed by atoms with Gasteiger partial charge in [-0.05, 0) is 37.8 Å². The van der Waals surface area contributed by atoms with Crippen molar-refractivity contribution < 1.29 is 28.7 Å². The molecule has 2 amide bonds. The smallest absolute Gasteiger partial charge is 0.310 e. The molecule has 1 aromatic rings. The zero-order valence-electron chi connectivity index (χ0n) is 17.6. The van der Waals surface area contributed by atoms with Crippen LogP contribution in [-0.4, -0.2) is 38.0 Å². The summed E-state index contributed by atoms with van der Waals surface area (Å²) in [7, 11) is 2.59. The molecule has 1 aliphatic heterocycles. The minimum Gasteiger partial charge on any atom is -0.469 e. The number of imide groups is 1. The van der Waals surface area contributed by atoms with Crippen LogP contribution in [0, 0.1) is 35.5 Å². The zero-order chi connectivity index (χ0) is 21.9. The molecule has 1 saturated heterocycles. The molecule has 0 radical (unpaired) electrons. The first kappa shape index (κ1) is 20.0. The van der Waals surface area contributed by atoms with Crippen LogP contribution in [0.1, 0.15) is 25.7 Å². The van der Waals surface area contributed by atoms with Crippen LogP contribution in [0.25, 0.3) is 0 Å². The first-order chi connectivity index (χ1) is 15.0. The lowest BCUT2D eigenvalue weighted by molar-refractivity contribution is -0.171. The average Bonchev–Trinajstić information content (AvgIpc) is 3.09. The first-order valence-corrected chi connectivity index (χ1v) is 10.8. The molecule has 5 aliphatic rings. The van der Waals surface area contributed by atoms with E-state index in [1.165, 1.54) is 19.1 Å². The number of methoxy groups -OCH3 is 2. The number of rotatable bonds is 3. The molecule has 1 saturated carbocycles. The molecule has 1 aromatic carbocycles. The average molecular weight is 423 g/mol. The van der Waals surface area contributed by atoms with Crippen LogP contribution in [-0.2, 0) is 28.7 Å². The van der Waals surface area contributed by atoms with E-state index in [0.29, 0.717) is 5.69 Å². The van der Waals surface area contributed by atoms with Gasteiger partial charge >= 0.3 is 11.9 Å². The summed E-state index contributed by atoms with van der Waals surface area (Å²) in [5.41, 5.74) is 2.70. The van der Waals surface area contributed by atoms with Gasteiger partial charge in [0.25, 0.3) is 0 Å². The second-order valence-electron chi connectivity index (χ2n) is 8.81. The summed E-state index contributed by atoms with van der Waals surface area (Å²) in [6.45, 7) is 0. The highest BCUT2D eigenvalue weighted by molar-refractivity contribution is 6.23. The van der Waals surface area contributed by atoms with Crippen molar-refractivity contribution in [3.05, 3.63) is 41.5 Å². The van der Waals surface area contributed by atoms with Gasteiger partial charge in [0.1, 0.15) is 0 Å². The number of carbonyl (C=O) groups is 4. The standard InChI is InChI=1S/C24H25NO6/c1-30-23(28)19-15-13-10-6-7-11-14(13)16(20(19)24(29)31-2)18-17(15)21(26)25(22(18)27)12-8-4-3-5-9-12/h3-5,8-9,15-20H,6-7,10-11H2,1-2H3. The summed E-state index contributed by atoms with van der Waals surface area (Å²) < 4.78 is 10.2. The second-order valence-corrected chi connectivity index (χ2v) is 8.81. The third-order valence-electron chi connectivity index (χ3n) is 7.65. The van der Waals surface area contributed by atoms with E-state index >= 15 is 0 Å². The van der Waals surface area contributed by atoms with E-state index in [2.05, 4.69) is 0 Å². The number of anilines is 1. The van der Waals surface area contributed by atoms with Gasteiger partial charge in [-0.25, -0.2) is 0 Å². The van der Waals surface area contributed by atoms with Gasteiger partial charge in [-0.2, -0.15) is 0 Å². The number of hydrogen-bond acceptors (Lipinski definition) is 6. The fourth-order valence-electron chi connectivity index (χ4n) is 6.63. The molecule has 0 spiro atoms. The number of para-hydroxylation sites is 1. The predicted octanol–water partition coefficient (Wildman–Crippen LogP) is 2.50. The highest BCUT2D eigenvalue weighted by Crippen LogP contribution is 2.63. The summed E-state index contributed by atoms with van der Waals surface area (Å²) in [6.07, 6.45) is 3.52. The van der Waals surface area contributed by atoms with E-state index in [1.807, 2.05) is 6.07 Å². The van der Waals surface area contributed by atoms with Gasteiger partial charge in [0.2, 0.25) is 11.8 Å². The molecule has 4 aliphatic carbocycles. The lowest BCUT2D eigenvalue weighted by atomic mass is 9.47. The Bertz CT molecular complexity index is 939. The number of hydrogen-bond donors (Lipinski definition) is 0. The summed E-state index contributed by atoms with van der Waals surface area (Å²) in [6, 6.07) is 8.86. The SMILES string of the molecule is COC(=O)C1C(C(=O)OC)C2C3=C(CCCC3)C1C1C(=O)N(c3ccccc3)C(=O)C12. The Balaban J connectivity index is 1.69. The van der Waals surface area contributed by atoms with Crippen LogP contribution in [0.15, 0.2) is 41.5 Å². The Morgan fingerprint density at radius 2 is 1.23 bits per heavy atom. The molecule has 0 N–H and O–H groups in total. The molecule has 162 valence electrons. The zero-order valence-corrected chi connectivity index (χ0v) is 17.6. The number of fused-ring (bicyclic) bond motifs is 1. The van der Waals surface area contributed by atoms with Crippen LogP contribution in [0.4, 0.5) is 5.69 Å². The molecule has 0 aromatic heterocycles. The van der Waals surface area contributed by atoms with E-state index in [4.69, 9.17) is 9.47 Å². The van der Waals surface area contributed by atoms with Crippen LogP contribution >= 0.6 is 0 Å². The maximum absolute atomic E-state index is 13.6. The van der Waals surface area contributed by atoms with Gasteiger partial charge in [-0.15, -0.1) is 0 Å². The molecular weight excluding hydrogens is 398 g/mol. The van der Waals surface area contributed by atoms with Crippen molar-refractivity contribution in [2.75, 3.05) is 19.1 Å². The van der Waals surface area contributed by atoms with Crippen LogP contribution in [0.2, 0.25) is 0 Å². The van der Waals surface area contributed by atoms with Gasteiger partial charge in [0, 0.05) is 11.8 Å². The van der Waals surface area contributed by atoms with Gasteiger partial charge in [-0.1, -0.05) is 29.3 Å². The monoisotopic (exact) mass is 423 g/mol. The topological polar surface area (TPSA) is 90.0 Å². The fraction of sp³-hybridized carbons (Fsp3) is 0.500. The number of esters is 2. The lowest BCUT2D eigenvalue weighted by Crippen LogP contribution is -2.58. The first-order valence-electron chi connectivity index (χ1n) is 10.8. The molecule has 6 unspecified atom stereocenters. The van der Waals surface area contributed by atoms with Crippen molar-refractivity contribution in [2.24, 2.45) is 35.5 Å². The second kappa shape index (κ2) is 7.32. The van der Waals surface area contributed by atoms with E-state index in [-0.39, 0.29) is 11.8 Å². The number of ether oxygens (including phenoxy) is 2. The molecule has 2 fully saturated rings. The third kappa shape index (κ3) is 2.65. The van der Waals surface area contributed by atoms with Crippen LogP contribution in [0.5, 0.6) is 0 Å². The lowest BCUT2D eigenvalue weighted by Gasteiger charge is -2.53. The van der Waals surface area contributed by atoms with Gasteiger partial charge in [-0.3, -0.25) is 24.1 Å². The number of nitrogens with zero attached hydrogens (tertiary/aromatic N) is 1. The summed E-state index contributed by atoms with van der Waals surface area (Å²) >= 11 is 0. The van der Waals surface area contributed by atoms with Crippen LogP contribution in [0.3, 0.4) is 0 Å². The Morgan fingerprint density at radius 1 is 0.774 bits per heavy atom. The molecule has 6 atom stereocenters. The highest BCUT2D eigenvalue weighted by Gasteiger charge is 2.69. The normalized spacial score (nSPS) is 33.8. The largest absolute Gasteiger partial charge is 0.469 e. The van der Waals surface area contributed by atoms with Crippen molar-refractivity contribution in [3.8, 4) is 0 Å². The number of benzene rings is 1. The minimum absolute atomic E-state index is 0.287. The molecule has 7 nitrogen and oxygen atoms in total. The minimum atomic E-state index is -0.812. The van der Waals surface area contributed by atoms with Gasteiger partial charge in [0.05, 0.1) is 43.6 Å². The quantitative estimate of drug-likeness (QED) is 0.422. The fourth-order valence-corrected chi connectivity index (χ4v) is 6.63. The van der Waals surface area contributed by atoms with Crippen molar-refractivity contribution in [1.82, 2.24) is 0 Å². The summed E-state index contributed by atoms with van der Waals surface area (Å²) in [5, 5.41) is 0. The Kier molecular flexibility index (Phi) is 4.72. The Hall–Kier alpha value is -2.96. The van der Waals surface area contributed by atoms with Crippen molar-refractivity contribution in [1.29, 1.82) is 0 Å². The number of amides is 2. The Labute approximate surface area is 180 Å². The molecule has 7 heteroatoms. The molecular formula is C24H25NO6. The van der Waals surface area contributed by atoms with Crippen LogP contribution < -0.4 is 4.90 Å². The van der Waals surface area contributed by atoms with E-state index in [1.54, 1.807) is 24.3 Å². The molecule has 31 heavy (non-hydrogen) atoms. The van der Waals surface area contributed by atoms with Crippen molar-refractivity contribution in [3.63, 3.8) is 0 Å². The van der Waals surface area contributed by atoms with E-state index in [9.17, 15) is 19.2 Å². The molecule has 1 heterocycles. The number of allylic oxidation sites excluding steroid dienone is 2. The van der Waals surface area contributed by atoms with Crippen molar-refractivity contribution in [2.45, 2.75) is 25.7 Å². The summed E-state index contributed by atoms with van der Waals surface area (Å²) in [4.78, 5) is 54.4. The van der Waals surface area contributed by atoms with E-state index in [0.717, 1.165) is 36.8 Å². The summed E-state index contributed by atoms with van der Waals surface area (Å²) in [5.74, 6) is -5.55. The maximum atomic E-state index is 13.6. The van der Waals surface area contributed by atoms with Crippen molar-refractivity contribution >= 4 is 29.4 Å². The Morgan fingerprint density at radius 3 is 1.65 bits per heavy atom. The third-order valence-corrected chi connectivity index (χ3v) is 7.65. The van der Waals surface area contributed by atoms with Gasteiger partial charge in [0.15, 0.2) is 0 Å². The van der Waals surface area contributed by atoms with E-state index < -0.39 is 47.4 Å². The van der Waals surface area contributed by atoms with Gasteiger partial charge < -0.3 is 9.47 Å². The predicted molar refractivity (Wildman–Crippen MR) is 109 cm³/mol.